The Morgan fingerprint density at radius 3 is 2.22 bits per heavy atom. The van der Waals surface area contributed by atoms with E-state index in [2.05, 4.69) is 19.2 Å². The van der Waals surface area contributed by atoms with Gasteiger partial charge in [-0.3, -0.25) is 0 Å². The maximum atomic E-state index is 3.43. The van der Waals surface area contributed by atoms with Gasteiger partial charge in [-0.1, -0.05) is 6.92 Å². The van der Waals surface area contributed by atoms with Gasteiger partial charge in [-0.2, -0.15) is 0 Å². The van der Waals surface area contributed by atoms with Crippen LogP contribution in [0.2, 0.25) is 0 Å². The maximum Gasteiger partial charge on any atom is 0.00389 e. The Kier molecular flexibility index (Phi) is 3.82. The summed E-state index contributed by atoms with van der Waals surface area (Å²) >= 11 is 0. The van der Waals surface area contributed by atoms with Crippen molar-refractivity contribution >= 4 is 0 Å². The smallest absolute Gasteiger partial charge is 0.00389 e. The average Bonchev–Trinajstić information content (AvgIpc) is 1.77. The monoisotopic (exact) mass is 131 g/mol. The molecule has 1 aliphatic rings. The first-order valence-electron chi connectivity index (χ1n) is 3.52. The molecule has 1 saturated heterocycles. The molecule has 1 aliphatic heterocycles. The fraction of sp³-hybridized carbons (Fsp3) is 1.00. The largest absolute Gasteiger partial charge is 0.412 e. The van der Waals surface area contributed by atoms with Crippen LogP contribution in [0.3, 0.4) is 0 Å². The molecule has 2 nitrogen and oxygen atoms in total. The minimum absolute atomic E-state index is 0. The van der Waals surface area contributed by atoms with Gasteiger partial charge >= 0.3 is 0 Å². The normalized spacial score (nSPS) is 35.3. The van der Waals surface area contributed by atoms with Gasteiger partial charge in [-0.25, -0.2) is 0 Å². The molecular formula is C7H17NO. The van der Waals surface area contributed by atoms with E-state index >= 15 is 0 Å². The minimum atomic E-state index is 0. The Bertz CT molecular complexity index is 57.3. The number of hydrogen-bond donors (Lipinski definition) is 1. The lowest BCUT2D eigenvalue weighted by Gasteiger charge is -2.24. The van der Waals surface area contributed by atoms with Crippen LogP contribution in [0.1, 0.15) is 26.7 Å². The maximum absolute atomic E-state index is 3.43. The van der Waals surface area contributed by atoms with Crippen molar-refractivity contribution in [3.63, 3.8) is 0 Å². The highest BCUT2D eigenvalue weighted by molar-refractivity contribution is 4.71. The molecule has 0 bridgehead atoms. The summed E-state index contributed by atoms with van der Waals surface area (Å²) in [5.74, 6) is 0.909. The van der Waals surface area contributed by atoms with E-state index in [1.54, 1.807) is 0 Å². The summed E-state index contributed by atoms with van der Waals surface area (Å²) in [4.78, 5) is 0. The molecule has 0 saturated carbocycles. The zero-order valence-corrected chi connectivity index (χ0v) is 6.28. The molecule has 3 N–H and O–H groups in total. The van der Waals surface area contributed by atoms with E-state index in [1.165, 1.54) is 19.4 Å². The van der Waals surface area contributed by atoms with Crippen LogP contribution < -0.4 is 5.32 Å². The fourth-order valence-corrected chi connectivity index (χ4v) is 1.14. The van der Waals surface area contributed by atoms with Crippen LogP contribution in [0.15, 0.2) is 0 Å². The highest BCUT2D eigenvalue weighted by atomic mass is 16.0. The third kappa shape index (κ3) is 2.82. The standard InChI is InChI=1S/C7H15N.H2O/c1-6-3-4-7(2)8-5-6;/h6-8H,3-5H2,1-2H3;1H2. The highest BCUT2D eigenvalue weighted by Gasteiger charge is 2.11. The van der Waals surface area contributed by atoms with Crippen molar-refractivity contribution in [1.29, 1.82) is 0 Å². The molecule has 1 fully saturated rings. The molecular weight excluding hydrogens is 114 g/mol. The summed E-state index contributed by atoms with van der Waals surface area (Å²) in [7, 11) is 0. The summed E-state index contributed by atoms with van der Waals surface area (Å²) in [6.45, 7) is 5.78. The summed E-state index contributed by atoms with van der Waals surface area (Å²) < 4.78 is 0. The molecule has 0 spiro atoms. The van der Waals surface area contributed by atoms with Crippen LogP contribution in [-0.4, -0.2) is 18.1 Å². The van der Waals surface area contributed by atoms with Gasteiger partial charge in [0, 0.05) is 6.04 Å². The van der Waals surface area contributed by atoms with Crippen molar-refractivity contribution < 1.29 is 5.48 Å². The summed E-state index contributed by atoms with van der Waals surface area (Å²) in [6, 6.07) is 0.770. The van der Waals surface area contributed by atoms with Crippen molar-refractivity contribution in [1.82, 2.24) is 5.32 Å². The zero-order chi connectivity index (χ0) is 5.98. The first-order valence-corrected chi connectivity index (χ1v) is 3.52. The van der Waals surface area contributed by atoms with Gasteiger partial charge in [0.25, 0.3) is 0 Å². The van der Waals surface area contributed by atoms with Crippen LogP contribution >= 0.6 is 0 Å². The molecule has 2 unspecified atom stereocenters. The van der Waals surface area contributed by atoms with Crippen molar-refractivity contribution in [2.24, 2.45) is 5.92 Å². The van der Waals surface area contributed by atoms with Crippen LogP contribution in [0.25, 0.3) is 0 Å². The van der Waals surface area contributed by atoms with Gasteiger partial charge < -0.3 is 10.8 Å². The first kappa shape index (κ1) is 8.92. The summed E-state index contributed by atoms with van der Waals surface area (Å²) in [5.41, 5.74) is 0. The van der Waals surface area contributed by atoms with Gasteiger partial charge in [0.15, 0.2) is 0 Å². The van der Waals surface area contributed by atoms with E-state index in [9.17, 15) is 0 Å². The van der Waals surface area contributed by atoms with Crippen molar-refractivity contribution in [2.45, 2.75) is 32.7 Å². The van der Waals surface area contributed by atoms with Gasteiger partial charge in [-0.05, 0) is 32.2 Å². The molecule has 0 aromatic carbocycles. The molecule has 0 amide bonds. The van der Waals surface area contributed by atoms with Gasteiger partial charge in [0.2, 0.25) is 0 Å². The van der Waals surface area contributed by atoms with Gasteiger partial charge in [-0.15, -0.1) is 0 Å². The minimum Gasteiger partial charge on any atom is -0.412 e. The third-order valence-electron chi connectivity index (χ3n) is 1.91. The molecule has 1 heterocycles. The zero-order valence-electron chi connectivity index (χ0n) is 6.28. The van der Waals surface area contributed by atoms with E-state index in [0.717, 1.165) is 12.0 Å². The van der Waals surface area contributed by atoms with Crippen LogP contribution in [0.5, 0.6) is 0 Å². The second kappa shape index (κ2) is 3.85. The fourth-order valence-electron chi connectivity index (χ4n) is 1.14. The van der Waals surface area contributed by atoms with Crippen LogP contribution in [0.4, 0.5) is 0 Å². The van der Waals surface area contributed by atoms with Crippen LogP contribution in [-0.2, 0) is 0 Å². The Balaban J connectivity index is 0.000000640. The first-order chi connectivity index (χ1) is 3.79. The molecule has 56 valence electrons. The predicted molar refractivity (Wildman–Crippen MR) is 39.5 cm³/mol. The van der Waals surface area contributed by atoms with E-state index < -0.39 is 0 Å². The topological polar surface area (TPSA) is 43.5 Å². The number of piperidine rings is 1. The van der Waals surface area contributed by atoms with Crippen molar-refractivity contribution in [3.05, 3.63) is 0 Å². The van der Waals surface area contributed by atoms with Gasteiger partial charge in [0.05, 0.1) is 0 Å². The second-order valence-corrected chi connectivity index (χ2v) is 2.99. The number of nitrogens with one attached hydrogen (secondary N) is 1. The lowest BCUT2D eigenvalue weighted by Crippen LogP contribution is -2.35. The van der Waals surface area contributed by atoms with E-state index in [4.69, 9.17) is 0 Å². The number of rotatable bonds is 0. The molecule has 0 radical (unpaired) electrons. The predicted octanol–water partition coefficient (Wildman–Crippen LogP) is 0.570. The molecule has 0 aliphatic carbocycles. The lowest BCUT2D eigenvalue weighted by molar-refractivity contribution is 0.343. The lowest BCUT2D eigenvalue weighted by atomic mass is 9.98. The van der Waals surface area contributed by atoms with E-state index in [0.29, 0.717) is 0 Å². The molecule has 0 aromatic rings. The van der Waals surface area contributed by atoms with Gasteiger partial charge in [0.1, 0.15) is 0 Å². The Morgan fingerprint density at radius 2 is 1.89 bits per heavy atom. The second-order valence-electron chi connectivity index (χ2n) is 2.99. The quantitative estimate of drug-likeness (QED) is 0.513. The Labute approximate surface area is 57.0 Å². The molecule has 0 aromatic heterocycles. The molecule has 2 atom stereocenters. The van der Waals surface area contributed by atoms with E-state index in [1.807, 2.05) is 0 Å². The van der Waals surface area contributed by atoms with E-state index in [-0.39, 0.29) is 5.48 Å². The average molecular weight is 131 g/mol. The number of hydrogen-bond acceptors (Lipinski definition) is 1. The Hall–Kier alpha value is -0.0800. The summed E-state index contributed by atoms with van der Waals surface area (Å²) in [6.07, 6.45) is 2.77. The van der Waals surface area contributed by atoms with Crippen molar-refractivity contribution in [2.75, 3.05) is 6.54 Å². The molecule has 2 heteroatoms. The Morgan fingerprint density at radius 1 is 1.22 bits per heavy atom. The molecule has 9 heavy (non-hydrogen) atoms. The van der Waals surface area contributed by atoms with Crippen molar-refractivity contribution in [3.8, 4) is 0 Å². The SMILES string of the molecule is CC1CCC(C)NC1.O. The summed E-state index contributed by atoms with van der Waals surface area (Å²) in [5, 5.41) is 3.43. The highest BCUT2D eigenvalue weighted by Crippen LogP contribution is 2.11. The van der Waals surface area contributed by atoms with Crippen LogP contribution in [0, 0.1) is 5.92 Å². The molecule has 1 rings (SSSR count). The third-order valence-corrected chi connectivity index (χ3v) is 1.91.